The molecule has 0 aromatic rings. The number of likely N-dealkylation sites (N-methyl/N-ethyl adjacent to an activating group) is 1. The van der Waals surface area contributed by atoms with Gasteiger partial charge < -0.3 is 9.47 Å². The highest BCUT2D eigenvalue weighted by atomic mass is 16.5. The summed E-state index contributed by atoms with van der Waals surface area (Å²) in [6.45, 7) is 4.58. The first kappa shape index (κ1) is 28.1. The summed E-state index contributed by atoms with van der Waals surface area (Å²) in [5.41, 5.74) is 0. The lowest BCUT2D eigenvalue weighted by molar-refractivity contribution is -0.144. The first-order chi connectivity index (χ1) is 14.2. The molecule has 0 fully saturated rings. The van der Waals surface area contributed by atoms with Gasteiger partial charge in [0.1, 0.15) is 0 Å². The van der Waals surface area contributed by atoms with Gasteiger partial charge in [0, 0.05) is 19.6 Å². The van der Waals surface area contributed by atoms with E-state index in [4.69, 9.17) is 9.47 Å². The molecule has 0 atom stereocenters. The van der Waals surface area contributed by atoms with Crippen molar-refractivity contribution in [2.75, 3.05) is 40.5 Å². The molecule has 0 rings (SSSR count). The lowest BCUT2D eigenvalue weighted by Gasteiger charge is -2.09. The summed E-state index contributed by atoms with van der Waals surface area (Å²) in [6, 6.07) is 0. The molecule has 0 spiro atoms. The predicted octanol–water partition coefficient (Wildman–Crippen LogP) is 6.54. The number of hydrogen-bond donors (Lipinski definition) is 0. The van der Waals surface area contributed by atoms with Crippen LogP contribution in [0.1, 0.15) is 103 Å². The largest absolute Gasteiger partial charge is 0.465 e. The molecular formula is C25H49NO3. The van der Waals surface area contributed by atoms with Crippen molar-refractivity contribution < 1.29 is 14.3 Å². The van der Waals surface area contributed by atoms with Crippen LogP contribution in [0.4, 0.5) is 0 Å². The summed E-state index contributed by atoms with van der Waals surface area (Å²) in [5, 5.41) is 0. The molecule has 0 amide bonds. The highest BCUT2D eigenvalue weighted by molar-refractivity contribution is 5.71. The number of rotatable bonds is 22. The number of allylic oxidation sites excluding steroid dienone is 2. The molecule has 0 aromatic heterocycles. The Morgan fingerprint density at radius 3 is 1.79 bits per heavy atom. The predicted molar refractivity (Wildman–Crippen MR) is 124 cm³/mol. The van der Waals surface area contributed by atoms with E-state index in [9.17, 15) is 4.79 Å². The molecule has 0 N–H and O–H groups in total. The van der Waals surface area contributed by atoms with Crippen molar-refractivity contribution in [2.24, 2.45) is 0 Å². The van der Waals surface area contributed by atoms with E-state index >= 15 is 0 Å². The first-order valence-corrected chi connectivity index (χ1v) is 12.2. The van der Waals surface area contributed by atoms with Gasteiger partial charge in [0.15, 0.2) is 0 Å². The zero-order valence-electron chi connectivity index (χ0n) is 19.8. The highest BCUT2D eigenvalue weighted by Gasteiger charge is 2.03. The third kappa shape index (κ3) is 25.1. The Hall–Kier alpha value is -0.870. The maximum Gasteiger partial charge on any atom is 0.320 e. The van der Waals surface area contributed by atoms with E-state index in [0.717, 1.165) is 19.4 Å². The maximum atomic E-state index is 11.3. The minimum absolute atomic E-state index is 0.164. The van der Waals surface area contributed by atoms with E-state index < -0.39 is 0 Å². The summed E-state index contributed by atoms with van der Waals surface area (Å²) in [7, 11) is 3.72. The van der Waals surface area contributed by atoms with Crippen LogP contribution in [0.15, 0.2) is 12.2 Å². The fourth-order valence-corrected chi connectivity index (χ4v) is 3.20. The second kappa shape index (κ2) is 23.4. The average molecular weight is 412 g/mol. The van der Waals surface area contributed by atoms with Crippen LogP contribution in [0, 0.1) is 0 Å². The van der Waals surface area contributed by atoms with Gasteiger partial charge in [-0.25, -0.2) is 0 Å². The van der Waals surface area contributed by atoms with E-state index in [-0.39, 0.29) is 5.97 Å². The minimum Gasteiger partial charge on any atom is -0.465 e. The quantitative estimate of drug-likeness (QED) is 0.115. The van der Waals surface area contributed by atoms with Gasteiger partial charge in [-0.15, -0.1) is 0 Å². The van der Waals surface area contributed by atoms with Crippen LogP contribution < -0.4 is 0 Å². The molecule has 0 saturated heterocycles. The van der Waals surface area contributed by atoms with Gasteiger partial charge in [0.2, 0.25) is 0 Å². The molecule has 0 aliphatic carbocycles. The summed E-state index contributed by atoms with van der Waals surface area (Å²) < 4.78 is 10.7. The Morgan fingerprint density at radius 2 is 1.21 bits per heavy atom. The molecule has 0 aliphatic heterocycles. The van der Waals surface area contributed by atoms with Crippen LogP contribution >= 0.6 is 0 Å². The van der Waals surface area contributed by atoms with Crippen molar-refractivity contribution >= 4 is 5.97 Å². The Kier molecular flexibility index (Phi) is 22.7. The molecule has 0 saturated carbocycles. The van der Waals surface area contributed by atoms with Crippen LogP contribution in [0.2, 0.25) is 0 Å². The standard InChI is InChI=1S/C25H49NO3/c1-4-5-6-7-8-9-10-11-12-13-14-15-16-17-18-19-21-28-22-20-23-29-25(27)24-26(2)3/h11-12H,4-10,13-24H2,1-3H3/b12-11-. The summed E-state index contributed by atoms with van der Waals surface area (Å²) in [6.07, 6.45) is 24.1. The van der Waals surface area contributed by atoms with Gasteiger partial charge in [-0.2, -0.15) is 0 Å². The van der Waals surface area contributed by atoms with Crippen molar-refractivity contribution in [3.63, 3.8) is 0 Å². The number of unbranched alkanes of at least 4 members (excludes halogenated alkanes) is 12. The normalized spacial score (nSPS) is 11.6. The number of esters is 1. The van der Waals surface area contributed by atoms with Gasteiger partial charge in [0.25, 0.3) is 0 Å². The van der Waals surface area contributed by atoms with Crippen LogP contribution in [0.3, 0.4) is 0 Å². The number of ether oxygens (including phenoxy) is 2. The van der Waals surface area contributed by atoms with E-state index in [1.165, 1.54) is 83.5 Å². The summed E-state index contributed by atoms with van der Waals surface area (Å²) in [4.78, 5) is 13.2. The van der Waals surface area contributed by atoms with Gasteiger partial charge in [0.05, 0.1) is 13.2 Å². The number of hydrogen-bond acceptors (Lipinski definition) is 4. The summed E-state index contributed by atoms with van der Waals surface area (Å²) in [5.74, 6) is -0.164. The number of carbonyl (C=O) groups is 1. The van der Waals surface area contributed by atoms with E-state index in [2.05, 4.69) is 19.1 Å². The zero-order valence-corrected chi connectivity index (χ0v) is 19.8. The number of carbonyl (C=O) groups excluding carboxylic acids is 1. The second-order valence-corrected chi connectivity index (χ2v) is 8.36. The van der Waals surface area contributed by atoms with Crippen LogP contribution in [0.5, 0.6) is 0 Å². The van der Waals surface area contributed by atoms with Crippen molar-refractivity contribution in [3.05, 3.63) is 12.2 Å². The average Bonchev–Trinajstić information content (AvgIpc) is 2.68. The lowest BCUT2D eigenvalue weighted by Crippen LogP contribution is -2.24. The second-order valence-electron chi connectivity index (χ2n) is 8.36. The molecule has 0 radical (unpaired) electrons. The Morgan fingerprint density at radius 1 is 0.690 bits per heavy atom. The molecule has 0 heterocycles. The zero-order chi connectivity index (χ0) is 21.4. The highest BCUT2D eigenvalue weighted by Crippen LogP contribution is 2.10. The van der Waals surface area contributed by atoms with Crippen LogP contribution in [0.25, 0.3) is 0 Å². The van der Waals surface area contributed by atoms with Crippen LogP contribution in [-0.2, 0) is 14.3 Å². The molecule has 0 aromatic carbocycles. The van der Waals surface area contributed by atoms with E-state index in [0.29, 0.717) is 19.8 Å². The van der Waals surface area contributed by atoms with Gasteiger partial charge >= 0.3 is 5.97 Å². The molecule has 4 nitrogen and oxygen atoms in total. The van der Waals surface area contributed by atoms with Crippen molar-refractivity contribution in [1.82, 2.24) is 4.90 Å². The molecule has 29 heavy (non-hydrogen) atoms. The van der Waals surface area contributed by atoms with Crippen molar-refractivity contribution in [2.45, 2.75) is 103 Å². The maximum absolute atomic E-state index is 11.3. The molecule has 172 valence electrons. The van der Waals surface area contributed by atoms with E-state index in [1.54, 1.807) is 0 Å². The number of nitrogens with zero attached hydrogens (tertiary/aromatic N) is 1. The van der Waals surface area contributed by atoms with Crippen molar-refractivity contribution in [3.8, 4) is 0 Å². The Bertz CT molecular complexity index is 369. The molecule has 4 heteroatoms. The van der Waals surface area contributed by atoms with E-state index in [1.807, 2.05) is 19.0 Å². The van der Waals surface area contributed by atoms with Crippen molar-refractivity contribution in [1.29, 1.82) is 0 Å². The minimum atomic E-state index is -0.164. The Balaban J connectivity index is 3.13. The van der Waals surface area contributed by atoms with Gasteiger partial charge in [-0.3, -0.25) is 9.69 Å². The van der Waals surface area contributed by atoms with Crippen LogP contribution in [-0.4, -0.2) is 51.3 Å². The first-order valence-electron chi connectivity index (χ1n) is 12.2. The smallest absolute Gasteiger partial charge is 0.320 e. The monoisotopic (exact) mass is 411 g/mol. The topological polar surface area (TPSA) is 38.8 Å². The summed E-state index contributed by atoms with van der Waals surface area (Å²) >= 11 is 0. The lowest BCUT2D eigenvalue weighted by atomic mass is 10.1. The third-order valence-electron chi connectivity index (χ3n) is 4.94. The third-order valence-corrected chi connectivity index (χ3v) is 4.94. The fourth-order valence-electron chi connectivity index (χ4n) is 3.20. The molecule has 0 aliphatic rings. The Labute approximate surface area is 181 Å². The molecule has 0 unspecified atom stereocenters. The molecular weight excluding hydrogens is 362 g/mol. The van der Waals surface area contributed by atoms with Gasteiger partial charge in [-0.1, -0.05) is 76.9 Å². The molecule has 0 bridgehead atoms. The van der Waals surface area contributed by atoms with Gasteiger partial charge in [-0.05, 0) is 46.2 Å². The fraction of sp³-hybridized carbons (Fsp3) is 0.880. The SMILES string of the molecule is CCCCCCCC/C=C\CCCCCCCCOCCCOC(=O)CN(C)C.